The van der Waals surface area contributed by atoms with E-state index >= 15 is 0 Å². The Kier molecular flexibility index (Phi) is 4.82. The van der Waals surface area contributed by atoms with Crippen LogP contribution in [0, 0.1) is 56.7 Å². The van der Waals surface area contributed by atoms with Crippen molar-refractivity contribution in [3.63, 3.8) is 0 Å². The van der Waals surface area contributed by atoms with Gasteiger partial charge in [-0.05, 0) is 110 Å². The summed E-state index contributed by atoms with van der Waals surface area (Å²) in [5.74, 6) is 3.83. The first-order valence-electron chi connectivity index (χ1n) is 14.6. The van der Waals surface area contributed by atoms with E-state index in [9.17, 15) is 0 Å². The summed E-state index contributed by atoms with van der Waals surface area (Å²) in [6.45, 7) is 18.5. The van der Waals surface area contributed by atoms with Crippen molar-refractivity contribution in [2.45, 2.75) is 131 Å². The molecule has 0 radical (unpaired) electrons. The van der Waals surface area contributed by atoms with Gasteiger partial charge in [0.05, 0.1) is 5.60 Å². The first-order valence-corrected chi connectivity index (χ1v) is 14.6. The zero-order valence-corrected chi connectivity index (χ0v) is 23.1. The van der Waals surface area contributed by atoms with Crippen LogP contribution < -0.4 is 0 Å². The third kappa shape index (κ3) is 2.50. The predicted octanol–water partition coefficient (Wildman–Crippen LogP) is 8.24. The Bertz CT molecular complexity index is 820. The molecule has 11 atom stereocenters. The van der Waals surface area contributed by atoms with E-state index in [2.05, 4.69) is 48.5 Å². The van der Waals surface area contributed by atoms with Crippen LogP contribution in [-0.4, -0.2) is 19.0 Å². The van der Waals surface area contributed by atoms with E-state index in [-0.39, 0.29) is 11.9 Å². The van der Waals surface area contributed by atoms with E-state index < -0.39 is 0 Å². The van der Waals surface area contributed by atoms with E-state index in [4.69, 9.17) is 9.47 Å². The molecule has 0 aromatic rings. The van der Waals surface area contributed by atoms with E-state index in [1.807, 2.05) is 7.11 Å². The van der Waals surface area contributed by atoms with Gasteiger partial charge in [0.25, 0.3) is 0 Å². The minimum absolute atomic E-state index is 0.00438. The van der Waals surface area contributed by atoms with Gasteiger partial charge in [0, 0.05) is 18.4 Å². The Morgan fingerprint density at radius 2 is 1.33 bits per heavy atom. The molecule has 33 heavy (non-hydrogen) atoms. The van der Waals surface area contributed by atoms with Gasteiger partial charge in [0.2, 0.25) is 0 Å². The van der Waals surface area contributed by atoms with Crippen molar-refractivity contribution in [2.24, 2.45) is 56.7 Å². The van der Waals surface area contributed by atoms with Crippen molar-refractivity contribution in [1.82, 2.24) is 0 Å². The van der Waals surface area contributed by atoms with Gasteiger partial charge in [-0.25, -0.2) is 0 Å². The van der Waals surface area contributed by atoms with Crippen molar-refractivity contribution in [3.05, 3.63) is 0 Å². The van der Waals surface area contributed by atoms with Gasteiger partial charge in [0.15, 0.2) is 6.29 Å². The second kappa shape index (κ2) is 6.81. The number of hydrogen-bond donors (Lipinski definition) is 0. The molecular formula is C31H52O2. The number of ether oxygens (including phenoxy) is 2. The Hall–Kier alpha value is -0.0800. The Balaban J connectivity index is 1.39. The molecule has 11 unspecified atom stereocenters. The van der Waals surface area contributed by atoms with Crippen LogP contribution in [0.4, 0.5) is 0 Å². The summed E-state index contributed by atoms with van der Waals surface area (Å²) in [4.78, 5) is 0. The highest BCUT2D eigenvalue weighted by molar-refractivity contribution is 5.24. The molecule has 1 saturated heterocycles. The smallest absolute Gasteiger partial charge is 0.160 e. The highest BCUT2D eigenvalue weighted by Gasteiger charge is 2.76. The summed E-state index contributed by atoms with van der Waals surface area (Å²) in [7, 11) is 1.86. The van der Waals surface area contributed by atoms with Crippen LogP contribution in [0.25, 0.3) is 0 Å². The molecule has 0 aromatic heterocycles. The van der Waals surface area contributed by atoms with Crippen LogP contribution in [-0.2, 0) is 9.47 Å². The minimum atomic E-state index is 0.00438. The molecule has 0 aromatic carbocycles. The first-order chi connectivity index (χ1) is 15.4. The summed E-state index contributed by atoms with van der Waals surface area (Å²) in [5.41, 5.74) is 2.35. The van der Waals surface area contributed by atoms with Crippen LogP contribution in [0.2, 0.25) is 0 Å². The molecule has 6 fully saturated rings. The molecule has 5 saturated carbocycles. The van der Waals surface area contributed by atoms with Gasteiger partial charge in [-0.2, -0.15) is 0 Å². The topological polar surface area (TPSA) is 18.5 Å². The van der Waals surface area contributed by atoms with Gasteiger partial charge in [-0.3, -0.25) is 0 Å². The second-order valence-electron chi connectivity index (χ2n) is 15.5. The summed E-state index contributed by atoms with van der Waals surface area (Å²) >= 11 is 0. The van der Waals surface area contributed by atoms with Crippen molar-refractivity contribution in [1.29, 1.82) is 0 Å². The number of methoxy groups -OCH3 is 1. The Labute approximate surface area is 204 Å². The standard InChI is InChI=1S/C31H52O2/c1-20-21-12-16-30(7)24-11-10-23-27(4)15-9-14-26(2,3)22(27)13-17-28(23,5)29(24,6)18-19-31(21,30)33-25(20)32-8/h20-25H,9-19H2,1-8H3. The predicted molar refractivity (Wildman–Crippen MR) is 135 cm³/mol. The fourth-order valence-corrected chi connectivity index (χ4v) is 13.0. The largest absolute Gasteiger partial charge is 0.356 e. The average molecular weight is 457 g/mol. The summed E-state index contributed by atoms with van der Waals surface area (Å²) in [6.07, 6.45) is 15.5. The highest BCUT2D eigenvalue weighted by Crippen LogP contribution is 2.80. The fourth-order valence-electron chi connectivity index (χ4n) is 13.0. The lowest BCUT2D eigenvalue weighted by molar-refractivity contribution is -0.286. The van der Waals surface area contributed by atoms with Gasteiger partial charge < -0.3 is 9.47 Å². The molecule has 0 N–H and O–H groups in total. The summed E-state index contributed by atoms with van der Waals surface area (Å²) in [6, 6.07) is 0. The van der Waals surface area contributed by atoms with Crippen LogP contribution in [0.3, 0.4) is 0 Å². The SMILES string of the molecule is COC1OC23CCC4(C)C(CCC5C6(C)CCCC(C)(C)C6CCC54C)C2(C)CCC3C1C. The van der Waals surface area contributed by atoms with Crippen molar-refractivity contribution >= 4 is 0 Å². The monoisotopic (exact) mass is 456 g/mol. The molecule has 0 bridgehead atoms. The van der Waals surface area contributed by atoms with Crippen LogP contribution in [0.1, 0.15) is 119 Å². The quantitative estimate of drug-likeness (QED) is 0.395. The van der Waals surface area contributed by atoms with Gasteiger partial charge in [-0.1, -0.05) is 54.9 Å². The number of hydrogen-bond acceptors (Lipinski definition) is 2. The molecule has 2 nitrogen and oxygen atoms in total. The molecule has 6 rings (SSSR count). The molecule has 0 amide bonds. The molecular weight excluding hydrogens is 404 g/mol. The lowest BCUT2D eigenvalue weighted by Gasteiger charge is -2.74. The maximum Gasteiger partial charge on any atom is 0.160 e. The van der Waals surface area contributed by atoms with Gasteiger partial charge in [0.1, 0.15) is 0 Å². The lowest BCUT2D eigenvalue weighted by Crippen LogP contribution is -2.68. The highest BCUT2D eigenvalue weighted by atomic mass is 16.7. The lowest BCUT2D eigenvalue weighted by atomic mass is 9.31. The molecule has 1 aliphatic heterocycles. The molecule has 2 heteroatoms. The van der Waals surface area contributed by atoms with E-state index in [0.29, 0.717) is 38.9 Å². The van der Waals surface area contributed by atoms with E-state index in [1.165, 1.54) is 70.6 Å². The maximum absolute atomic E-state index is 7.02. The molecule has 5 aliphatic carbocycles. The molecule has 6 aliphatic rings. The normalized spacial score (nSPS) is 61.5. The van der Waals surface area contributed by atoms with Crippen LogP contribution in [0.15, 0.2) is 0 Å². The number of fused-ring (bicyclic) bond motifs is 6. The zero-order valence-electron chi connectivity index (χ0n) is 23.1. The van der Waals surface area contributed by atoms with Crippen LogP contribution in [0.5, 0.6) is 0 Å². The van der Waals surface area contributed by atoms with Crippen molar-refractivity contribution in [2.75, 3.05) is 7.11 Å². The first kappa shape index (κ1) is 23.3. The van der Waals surface area contributed by atoms with Crippen molar-refractivity contribution in [3.8, 4) is 0 Å². The second-order valence-corrected chi connectivity index (χ2v) is 15.5. The fraction of sp³-hybridized carbons (Fsp3) is 1.00. The van der Waals surface area contributed by atoms with Gasteiger partial charge >= 0.3 is 0 Å². The molecule has 1 heterocycles. The molecule has 188 valence electrons. The molecule has 1 spiro atoms. The average Bonchev–Trinajstić information content (AvgIpc) is 3.19. The van der Waals surface area contributed by atoms with Gasteiger partial charge in [-0.15, -0.1) is 0 Å². The summed E-state index contributed by atoms with van der Waals surface area (Å²) in [5, 5.41) is 0. The van der Waals surface area contributed by atoms with E-state index in [1.54, 1.807) is 0 Å². The Morgan fingerprint density at radius 3 is 2.06 bits per heavy atom. The van der Waals surface area contributed by atoms with Crippen molar-refractivity contribution < 1.29 is 9.47 Å². The maximum atomic E-state index is 7.02. The summed E-state index contributed by atoms with van der Waals surface area (Å²) < 4.78 is 12.9. The van der Waals surface area contributed by atoms with E-state index in [0.717, 1.165) is 17.8 Å². The Morgan fingerprint density at radius 1 is 0.667 bits per heavy atom. The van der Waals surface area contributed by atoms with Crippen LogP contribution >= 0.6 is 0 Å². The zero-order chi connectivity index (χ0) is 23.7. The third-order valence-electron chi connectivity index (χ3n) is 14.6. The third-order valence-corrected chi connectivity index (χ3v) is 14.6. The minimum Gasteiger partial charge on any atom is -0.356 e. The number of rotatable bonds is 1.